The molecule has 1 N–H and O–H groups in total. The number of rotatable bonds is 14. The van der Waals surface area contributed by atoms with Crippen molar-refractivity contribution >= 4 is 5.97 Å². The Hall–Kier alpha value is -2.46. The second kappa shape index (κ2) is 16.4. The van der Waals surface area contributed by atoms with Gasteiger partial charge in [-0.1, -0.05) is 82.4 Å². The highest BCUT2D eigenvalue weighted by Crippen LogP contribution is 2.45. The van der Waals surface area contributed by atoms with E-state index in [1.165, 1.54) is 77.0 Å². The van der Waals surface area contributed by atoms with E-state index in [2.05, 4.69) is 19.6 Å². The fourth-order valence-corrected chi connectivity index (χ4v) is 7.52. The molecule has 0 atom stereocenters. The molecule has 3 nitrogen and oxygen atoms in total. The highest BCUT2D eigenvalue weighted by Gasteiger charge is 2.31. The van der Waals surface area contributed by atoms with Crippen LogP contribution in [0, 0.1) is 23.6 Å². The number of carbonyl (C=O) groups excluding carboxylic acids is 1. The van der Waals surface area contributed by atoms with Gasteiger partial charge in [-0.15, -0.1) is 0 Å². The molecule has 2 fully saturated rings. The summed E-state index contributed by atoms with van der Waals surface area (Å²) in [5, 5.41) is 9.53. The van der Waals surface area contributed by atoms with Crippen LogP contribution in [-0.2, 0) is 22.4 Å². The lowest BCUT2D eigenvalue weighted by Crippen LogP contribution is -2.25. The number of hydrogen-bond acceptors (Lipinski definition) is 3. The van der Waals surface area contributed by atoms with Crippen molar-refractivity contribution in [3.63, 3.8) is 0 Å². The number of ether oxygens (including phenoxy) is 1. The molecule has 0 aromatic heterocycles. The normalized spacial score (nSPS) is 22.6. The topological polar surface area (TPSA) is 46.5 Å². The molecule has 0 bridgehead atoms. The Morgan fingerprint density at radius 3 is 2.26 bits per heavy atom. The lowest BCUT2D eigenvalue weighted by atomic mass is 9.68. The molecule has 0 unspecified atom stereocenters. The second-order valence-electron chi connectivity index (χ2n) is 13.1. The predicted octanol–water partition coefficient (Wildman–Crippen LogP) is 9.74. The summed E-state index contributed by atoms with van der Waals surface area (Å²) in [7, 11) is 0. The number of aliphatic hydroxyl groups is 1. The zero-order valence-electron chi connectivity index (χ0n) is 26.1. The Kier molecular flexibility index (Phi) is 12.7. The zero-order chi connectivity index (χ0) is 29.9. The molecule has 2 aromatic carbocycles. The Labute approximate surface area is 254 Å². The SMILES string of the molecule is C=C(C)C(=O)OCCCc1cc(-c2ccc(C3CCC(C4CCC(CCCCC)CC4)CC3)cc2F)ccc1CCO. The summed E-state index contributed by atoms with van der Waals surface area (Å²) in [6.07, 6.45) is 18.1. The Morgan fingerprint density at radius 1 is 0.905 bits per heavy atom. The Bertz CT molecular complexity index is 1150. The molecule has 4 rings (SSSR count). The van der Waals surface area contributed by atoms with Gasteiger partial charge in [-0.3, -0.25) is 0 Å². The average Bonchev–Trinajstić information content (AvgIpc) is 3.00. The van der Waals surface area contributed by atoms with Crippen molar-refractivity contribution in [1.82, 2.24) is 0 Å². The first-order valence-electron chi connectivity index (χ1n) is 16.7. The minimum atomic E-state index is -0.379. The van der Waals surface area contributed by atoms with Gasteiger partial charge < -0.3 is 9.84 Å². The smallest absolute Gasteiger partial charge is 0.333 e. The summed E-state index contributed by atoms with van der Waals surface area (Å²) < 4.78 is 20.8. The fraction of sp³-hybridized carbons (Fsp3) is 0.605. The van der Waals surface area contributed by atoms with Gasteiger partial charge in [-0.05, 0) is 117 Å². The van der Waals surface area contributed by atoms with Gasteiger partial charge in [0.25, 0.3) is 0 Å². The summed E-state index contributed by atoms with van der Waals surface area (Å²) in [5.41, 5.74) is 5.11. The van der Waals surface area contributed by atoms with Crippen LogP contribution in [0.5, 0.6) is 0 Å². The van der Waals surface area contributed by atoms with Crippen LogP contribution < -0.4 is 0 Å². The molecule has 0 spiro atoms. The van der Waals surface area contributed by atoms with Gasteiger partial charge in [0.15, 0.2) is 0 Å². The quantitative estimate of drug-likeness (QED) is 0.138. The fourth-order valence-electron chi connectivity index (χ4n) is 7.52. The lowest BCUT2D eigenvalue weighted by molar-refractivity contribution is -0.139. The van der Waals surface area contributed by atoms with E-state index >= 15 is 4.39 Å². The van der Waals surface area contributed by atoms with Crippen molar-refractivity contribution in [3.8, 4) is 11.1 Å². The number of hydrogen-bond donors (Lipinski definition) is 1. The van der Waals surface area contributed by atoms with Crippen molar-refractivity contribution in [2.45, 2.75) is 116 Å². The number of unbranched alkanes of at least 4 members (excludes halogenated alkanes) is 2. The van der Waals surface area contributed by atoms with Gasteiger partial charge in [0.1, 0.15) is 5.82 Å². The molecule has 2 saturated carbocycles. The van der Waals surface area contributed by atoms with Crippen LogP contribution in [0.15, 0.2) is 48.6 Å². The summed E-state index contributed by atoms with van der Waals surface area (Å²) in [4.78, 5) is 11.7. The van der Waals surface area contributed by atoms with Gasteiger partial charge in [-0.25, -0.2) is 9.18 Å². The maximum Gasteiger partial charge on any atom is 0.333 e. The van der Waals surface area contributed by atoms with Crippen LogP contribution in [0.4, 0.5) is 4.39 Å². The van der Waals surface area contributed by atoms with Gasteiger partial charge in [0, 0.05) is 17.7 Å². The lowest BCUT2D eigenvalue weighted by Gasteiger charge is -2.38. The molecular formula is C38H53FO3. The van der Waals surface area contributed by atoms with Gasteiger partial charge >= 0.3 is 5.97 Å². The summed E-state index contributed by atoms with van der Waals surface area (Å²) >= 11 is 0. The van der Waals surface area contributed by atoms with Crippen molar-refractivity contribution in [1.29, 1.82) is 0 Å². The van der Waals surface area contributed by atoms with Crippen LogP contribution in [0.25, 0.3) is 11.1 Å². The van der Waals surface area contributed by atoms with E-state index < -0.39 is 0 Å². The third-order valence-electron chi connectivity index (χ3n) is 10.1. The molecule has 0 heterocycles. The van der Waals surface area contributed by atoms with Gasteiger partial charge in [-0.2, -0.15) is 0 Å². The molecular weight excluding hydrogens is 523 g/mol. The van der Waals surface area contributed by atoms with Crippen LogP contribution in [0.3, 0.4) is 0 Å². The monoisotopic (exact) mass is 576 g/mol. The van der Waals surface area contributed by atoms with Crippen molar-refractivity contribution in [2.24, 2.45) is 17.8 Å². The van der Waals surface area contributed by atoms with E-state index in [4.69, 9.17) is 4.74 Å². The first kappa shape index (κ1) is 32.5. The Balaban J connectivity index is 1.32. The molecule has 0 saturated heterocycles. The van der Waals surface area contributed by atoms with E-state index in [0.29, 0.717) is 42.9 Å². The van der Waals surface area contributed by atoms with E-state index in [0.717, 1.165) is 40.0 Å². The number of benzene rings is 2. The largest absolute Gasteiger partial charge is 0.462 e. The van der Waals surface area contributed by atoms with Crippen LogP contribution in [0.2, 0.25) is 0 Å². The van der Waals surface area contributed by atoms with Gasteiger partial charge in [0.2, 0.25) is 0 Å². The van der Waals surface area contributed by atoms with Crippen molar-refractivity contribution in [2.75, 3.05) is 13.2 Å². The molecule has 0 amide bonds. The first-order valence-corrected chi connectivity index (χ1v) is 16.7. The molecule has 0 radical (unpaired) electrons. The summed E-state index contributed by atoms with van der Waals surface area (Å²) in [6.45, 7) is 7.91. The second-order valence-corrected chi connectivity index (χ2v) is 13.1. The minimum absolute atomic E-state index is 0.0581. The minimum Gasteiger partial charge on any atom is -0.462 e. The molecule has 2 aromatic rings. The van der Waals surface area contributed by atoms with E-state index in [-0.39, 0.29) is 18.4 Å². The predicted molar refractivity (Wildman–Crippen MR) is 171 cm³/mol. The number of esters is 1. The van der Waals surface area contributed by atoms with E-state index in [1.807, 2.05) is 24.3 Å². The average molecular weight is 577 g/mol. The maximum atomic E-state index is 15.6. The number of halogens is 1. The van der Waals surface area contributed by atoms with E-state index in [9.17, 15) is 9.90 Å². The maximum absolute atomic E-state index is 15.6. The number of carbonyl (C=O) groups is 1. The van der Waals surface area contributed by atoms with Crippen LogP contribution in [-0.4, -0.2) is 24.3 Å². The molecule has 2 aliphatic carbocycles. The highest BCUT2D eigenvalue weighted by atomic mass is 19.1. The summed E-state index contributed by atoms with van der Waals surface area (Å²) in [6, 6.07) is 11.9. The molecule has 230 valence electrons. The third-order valence-corrected chi connectivity index (χ3v) is 10.1. The molecule has 0 aliphatic heterocycles. The molecule has 4 heteroatoms. The Morgan fingerprint density at radius 2 is 1.62 bits per heavy atom. The first-order chi connectivity index (χ1) is 20.4. The van der Waals surface area contributed by atoms with Crippen molar-refractivity contribution < 1.29 is 19.0 Å². The number of aryl methyl sites for hydroxylation is 1. The van der Waals surface area contributed by atoms with E-state index in [1.54, 1.807) is 13.0 Å². The standard InChI is InChI=1S/C38H53FO3/c1-4-5-6-8-28-10-12-29(13-11-28)30-14-16-31(17-15-30)34-20-21-36(37(39)26-34)35-19-18-32(22-23-40)33(25-35)9-7-24-42-38(41)27(2)3/h18-21,25-26,28-31,40H,2,4-17,22-24H2,1,3H3. The zero-order valence-corrected chi connectivity index (χ0v) is 26.1. The van der Waals surface area contributed by atoms with Gasteiger partial charge in [0.05, 0.1) is 6.61 Å². The molecule has 2 aliphatic rings. The van der Waals surface area contributed by atoms with Crippen LogP contribution in [0.1, 0.15) is 120 Å². The highest BCUT2D eigenvalue weighted by molar-refractivity contribution is 5.86. The third kappa shape index (κ3) is 9.02. The molecule has 42 heavy (non-hydrogen) atoms. The van der Waals surface area contributed by atoms with Crippen LogP contribution >= 0.6 is 0 Å². The number of aliphatic hydroxyl groups excluding tert-OH is 1. The van der Waals surface area contributed by atoms with Crippen molar-refractivity contribution in [3.05, 3.63) is 71.1 Å². The summed E-state index contributed by atoms with van der Waals surface area (Å²) in [5.74, 6) is 2.66.